The van der Waals surface area contributed by atoms with Crippen LogP contribution >= 0.6 is 11.6 Å². The maximum atomic E-state index is 12.0. The van der Waals surface area contributed by atoms with Crippen molar-refractivity contribution in [2.24, 2.45) is 5.92 Å². The first-order valence-corrected chi connectivity index (χ1v) is 6.89. The molecule has 0 spiro atoms. The molecule has 0 aromatic heterocycles. The summed E-state index contributed by atoms with van der Waals surface area (Å²) >= 11 is 5.81. The number of aliphatic carboxylic acids is 1. The number of nitriles is 1. The first-order chi connectivity index (χ1) is 10.3. The zero-order valence-corrected chi connectivity index (χ0v) is 12.9. The molecule has 0 fully saturated rings. The van der Waals surface area contributed by atoms with Crippen LogP contribution < -0.4 is 10.6 Å². The van der Waals surface area contributed by atoms with Crippen LogP contribution in [0, 0.1) is 17.2 Å². The van der Waals surface area contributed by atoms with Gasteiger partial charge in [0.2, 0.25) is 0 Å². The van der Waals surface area contributed by atoms with Gasteiger partial charge in [-0.15, -0.1) is 0 Å². The van der Waals surface area contributed by atoms with E-state index in [0.29, 0.717) is 10.7 Å². The van der Waals surface area contributed by atoms with Crippen molar-refractivity contribution >= 4 is 29.2 Å². The third kappa shape index (κ3) is 5.11. The molecule has 0 bridgehead atoms. The van der Waals surface area contributed by atoms with Crippen LogP contribution in [0.1, 0.15) is 13.8 Å². The average molecular weight is 322 g/mol. The van der Waals surface area contributed by atoms with E-state index in [1.807, 2.05) is 0 Å². The quantitative estimate of drug-likeness (QED) is 0.551. The van der Waals surface area contributed by atoms with Gasteiger partial charge in [0, 0.05) is 16.9 Å². The number of carbonyl (C=O) groups is 2. The summed E-state index contributed by atoms with van der Waals surface area (Å²) in [6.45, 7) is 3.44. The summed E-state index contributed by atoms with van der Waals surface area (Å²) < 4.78 is 0. The molecule has 1 aromatic rings. The number of carboxylic acids is 1. The molecule has 1 atom stereocenters. The highest BCUT2D eigenvalue weighted by Gasteiger charge is 2.20. The molecule has 0 radical (unpaired) electrons. The SMILES string of the molecule is CC(C)C(N/C=C(/C#N)C(=O)Nc1cccc(Cl)c1)C(=O)O. The van der Waals surface area contributed by atoms with Crippen molar-refractivity contribution in [3.05, 3.63) is 41.1 Å². The number of carboxylic acid groups (broad SMARTS) is 1. The Labute approximate surface area is 133 Å². The lowest BCUT2D eigenvalue weighted by Crippen LogP contribution is -2.38. The van der Waals surface area contributed by atoms with Crippen LogP contribution in [0.2, 0.25) is 5.02 Å². The molecule has 0 aliphatic rings. The first kappa shape index (κ1) is 17.5. The van der Waals surface area contributed by atoms with Crippen LogP contribution in [0.15, 0.2) is 36.0 Å². The third-order valence-electron chi connectivity index (χ3n) is 2.79. The minimum absolute atomic E-state index is 0.204. The van der Waals surface area contributed by atoms with Gasteiger partial charge in [0.1, 0.15) is 17.7 Å². The molecule has 116 valence electrons. The van der Waals surface area contributed by atoms with Crippen LogP contribution in [-0.4, -0.2) is 23.0 Å². The number of rotatable bonds is 6. The lowest BCUT2D eigenvalue weighted by molar-refractivity contribution is -0.140. The Morgan fingerprint density at radius 1 is 1.41 bits per heavy atom. The zero-order chi connectivity index (χ0) is 16.7. The highest BCUT2D eigenvalue weighted by atomic mass is 35.5. The number of halogens is 1. The third-order valence-corrected chi connectivity index (χ3v) is 3.02. The first-order valence-electron chi connectivity index (χ1n) is 6.51. The highest BCUT2D eigenvalue weighted by Crippen LogP contribution is 2.15. The number of carbonyl (C=O) groups excluding carboxylic acids is 1. The summed E-state index contributed by atoms with van der Waals surface area (Å²) in [6.07, 6.45) is 1.11. The number of nitrogens with zero attached hydrogens (tertiary/aromatic N) is 1. The maximum absolute atomic E-state index is 12.0. The van der Waals surface area contributed by atoms with E-state index in [1.54, 1.807) is 38.1 Å². The molecule has 0 aliphatic heterocycles. The van der Waals surface area contributed by atoms with E-state index in [-0.39, 0.29) is 11.5 Å². The predicted octanol–water partition coefficient (Wildman–Crippen LogP) is 2.38. The number of anilines is 1. The molecular weight excluding hydrogens is 306 g/mol. The van der Waals surface area contributed by atoms with Gasteiger partial charge in [0.15, 0.2) is 0 Å². The van der Waals surface area contributed by atoms with Gasteiger partial charge in [0.25, 0.3) is 5.91 Å². The molecule has 0 aliphatic carbocycles. The topological polar surface area (TPSA) is 102 Å². The van der Waals surface area contributed by atoms with Crippen molar-refractivity contribution in [2.45, 2.75) is 19.9 Å². The van der Waals surface area contributed by atoms with Gasteiger partial charge in [-0.3, -0.25) is 4.79 Å². The average Bonchev–Trinajstić information content (AvgIpc) is 2.42. The van der Waals surface area contributed by atoms with E-state index in [9.17, 15) is 9.59 Å². The second-order valence-electron chi connectivity index (χ2n) is 4.86. The van der Waals surface area contributed by atoms with Crippen LogP contribution in [0.4, 0.5) is 5.69 Å². The molecule has 1 amide bonds. The van der Waals surface area contributed by atoms with Crippen molar-refractivity contribution < 1.29 is 14.7 Å². The fourth-order valence-corrected chi connectivity index (χ4v) is 1.83. The fraction of sp³-hybridized carbons (Fsp3) is 0.267. The molecule has 6 nitrogen and oxygen atoms in total. The van der Waals surface area contributed by atoms with Crippen molar-refractivity contribution in [3.8, 4) is 6.07 Å². The van der Waals surface area contributed by atoms with Crippen LogP contribution in [0.25, 0.3) is 0 Å². The van der Waals surface area contributed by atoms with E-state index in [0.717, 1.165) is 6.20 Å². The summed E-state index contributed by atoms with van der Waals surface area (Å²) in [7, 11) is 0. The van der Waals surface area contributed by atoms with E-state index in [2.05, 4.69) is 10.6 Å². The summed E-state index contributed by atoms with van der Waals surface area (Å²) in [6, 6.07) is 7.32. The maximum Gasteiger partial charge on any atom is 0.326 e. The number of benzene rings is 1. The Morgan fingerprint density at radius 2 is 2.09 bits per heavy atom. The molecule has 1 unspecified atom stereocenters. The van der Waals surface area contributed by atoms with Crippen molar-refractivity contribution in [2.75, 3.05) is 5.32 Å². The van der Waals surface area contributed by atoms with Gasteiger partial charge in [-0.2, -0.15) is 5.26 Å². The number of amides is 1. The van der Waals surface area contributed by atoms with Crippen LogP contribution in [0.3, 0.4) is 0 Å². The Balaban J connectivity index is 2.82. The summed E-state index contributed by atoms with van der Waals surface area (Å²) in [5.74, 6) is -1.91. The molecule has 0 heterocycles. The minimum atomic E-state index is -1.06. The summed E-state index contributed by atoms with van der Waals surface area (Å²) in [5, 5.41) is 23.6. The van der Waals surface area contributed by atoms with Crippen molar-refractivity contribution in [1.82, 2.24) is 5.32 Å². The van der Waals surface area contributed by atoms with Crippen LogP contribution in [-0.2, 0) is 9.59 Å². The minimum Gasteiger partial charge on any atom is -0.480 e. The van der Waals surface area contributed by atoms with Crippen molar-refractivity contribution in [1.29, 1.82) is 5.26 Å². The van der Waals surface area contributed by atoms with Crippen LogP contribution in [0.5, 0.6) is 0 Å². The van der Waals surface area contributed by atoms with Gasteiger partial charge in [0.05, 0.1) is 0 Å². The summed E-state index contributed by atoms with van der Waals surface area (Å²) in [4.78, 5) is 23.0. The largest absolute Gasteiger partial charge is 0.480 e. The van der Waals surface area contributed by atoms with E-state index in [1.165, 1.54) is 6.07 Å². The Kier molecular flexibility index (Phi) is 6.42. The Morgan fingerprint density at radius 3 is 2.59 bits per heavy atom. The lowest BCUT2D eigenvalue weighted by Gasteiger charge is -2.16. The molecule has 22 heavy (non-hydrogen) atoms. The number of hydrogen-bond acceptors (Lipinski definition) is 4. The Bertz CT molecular complexity index is 635. The standard InChI is InChI=1S/C15H16ClN3O3/c1-9(2)13(15(21)22)18-8-10(7-17)14(20)19-12-5-3-4-11(16)6-12/h3-6,8-9,13,18H,1-2H3,(H,19,20)(H,21,22)/b10-8-. The van der Waals surface area contributed by atoms with Gasteiger partial charge >= 0.3 is 5.97 Å². The van der Waals surface area contributed by atoms with E-state index in [4.69, 9.17) is 22.0 Å². The predicted molar refractivity (Wildman–Crippen MR) is 83.2 cm³/mol. The van der Waals surface area contributed by atoms with Gasteiger partial charge in [-0.25, -0.2) is 4.79 Å². The lowest BCUT2D eigenvalue weighted by atomic mass is 10.1. The molecule has 1 rings (SSSR count). The van der Waals surface area contributed by atoms with Gasteiger partial charge < -0.3 is 15.7 Å². The normalized spacial score (nSPS) is 12.4. The van der Waals surface area contributed by atoms with E-state index < -0.39 is 17.9 Å². The number of hydrogen-bond donors (Lipinski definition) is 3. The molecule has 0 saturated heterocycles. The smallest absolute Gasteiger partial charge is 0.326 e. The highest BCUT2D eigenvalue weighted by molar-refractivity contribution is 6.31. The molecule has 3 N–H and O–H groups in total. The fourth-order valence-electron chi connectivity index (χ4n) is 1.64. The zero-order valence-electron chi connectivity index (χ0n) is 12.1. The second kappa shape index (κ2) is 8.05. The molecule has 0 saturated carbocycles. The van der Waals surface area contributed by atoms with Gasteiger partial charge in [-0.05, 0) is 24.1 Å². The molecule has 7 heteroatoms. The van der Waals surface area contributed by atoms with Gasteiger partial charge in [-0.1, -0.05) is 31.5 Å². The van der Waals surface area contributed by atoms with Crippen molar-refractivity contribution in [3.63, 3.8) is 0 Å². The molecule has 1 aromatic carbocycles. The van der Waals surface area contributed by atoms with E-state index >= 15 is 0 Å². The second-order valence-corrected chi connectivity index (χ2v) is 5.30. The molecular formula is C15H16ClN3O3. The number of nitrogens with one attached hydrogen (secondary N) is 2. The Hall–Kier alpha value is -2.52. The monoisotopic (exact) mass is 321 g/mol. The summed E-state index contributed by atoms with van der Waals surface area (Å²) in [5.41, 5.74) is 0.212.